The van der Waals surface area contributed by atoms with E-state index in [-0.39, 0.29) is 39.0 Å². The van der Waals surface area contributed by atoms with Gasteiger partial charge in [-0.3, -0.25) is 4.79 Å². The van der Waals surface area contributed by atoms with Gasteiger partial charge in [-0.05, 0) is 12.8 Å². The molecular formula is C16H32O7. The summed E-state index contributed by atoms with van der Waals surface area (Å²) in [6, 6.07) is 0. The topological polar surface area (TPSA) is 105 Å². The summed E-state index contributed by atoms with van der Waals surface area (Å²) < 4.78 is 15.2. The second kappa shape index (κ2) is 14.8. The van der Waals surface area contributed by atoms with Crippen LogP contribution in [0.3, 0.4) is 0 Å². The van der Waals surface area contributed by atoms with Crippen molar-refractivity contribution in [2.75, 3.05) is 33.0 Å². The van der Waals surface area contributed by atoms with Gasteiger partial charge in [0.15, 0.2) is 0 Å². The van der Waals surface area contributed by atoms with Gasteiger partial charge in [-0.2, -0.15) is 0 Å². The van der Waals surface area contributed by atoms with Gasteiger partial charge in [0.25, 0.3) is 0 Å². The molecule has 0 saturated heterocycles. The maximum atomic E-state index is 11.4. The molecule has 7 nitrogen and oxygen atoms in total. The lowest BCUT2D eigenvalue weighted by Gasteiger charge is -2.15. The van der Waals surface area contributed by atoms with Crippen LogP contribution in [0.25, 0.3) is 0 Å². The number of aliphatic hydroxyl groups excluding tert-OH is 3. The van der Waals surface area contributed by atoms with E-state index in [1.807, 2.05) is 6.92 Å². The third-order valence-electron chi connectivity index (χ3n) is 3.13. The Labute approximate surface area is 138 Å². The summed E-state index contributed by atoms with van der Waals surface area (Å²) in [5.41, 5.74) is 0. The van der Waals surface area contributed by atoms with Crippen LogP contribution in [-0.4, -0.2) is 72.6 Å². The molecule has 0 fully saturated rings. The minimum absolute atomic E-state index is 0.00370. The second-order valence-electron chi connectivity index (χ2n) is 5.58. The minimum Gasteiger partial charge on any atom is -0.463 e. The zero-order valence-corrected chi connectivity index (χ0v) is 14.3. The Hall–Kier alpha value is -0.730. The first-order valence-corrected chi connectivity index (χ1v) is 8.34. The first-order valence-electron chi connectivity index (χ1n) is 8.34. The van der Waals surface area contributed by atoms with Gasteiger partial charge in [-0.25, -0.2) is 0 Å². The highest BCUT2D eigenvalue weighted by atomic mass is 16.6. The summed E-state index contributed by atoms with van der Waals surface area (Å²) in [7, 11) is 0. The molecule has 0 bridgehead atoms. The second-order valence-corrected chi connectivity index (χ2v) is 5.58. The third kappa shape index (κ3) is 14.6. The summed E-state index contributed by atoms with van der Waals surface area (Å²) >= 11 is 0. The normalized spacial score (nSPS) is 15.2. The van der Waals surface area contributed by atoms with E-state index in [0.717, 1.165) is 19.3 Å². The number of hydrogen-bond donors (Lipinski definition) is 3. The number of carbonyl (C=O) groups excluding carboxylic acids is 1. The van der Waals surface area contributed by atoms with Crippen molar-refractivity contribution in [2.24, 2.45) is 0 Å². The van der Waals surface area contributed by atoms with E-state index >= 15 is 0 Å². The van der Waals surface area contributed by atoms with Crippen LogP contribution >= 0.6 is 0 Å². The number of esters is 1. The fourth-order valence-corrected chi connectivity index (χ4v) is 1.67. The summed E-state index contributed by atoms with van der Waals surface area (Å²) in [6.45, 7) is 3.98. The van der Waals surface area contributed by atoms with Gasteiger partial charge in [0, 0.05) is 6.42 Å². The van der Waals surface area contributed by atoms with Crippen LogP contribution in [0.1, 0.15) is 46.0 Å². The standard InChI is InChI=1S/C16H32O7/c1-3-5-6-7-16(20)23-12-15(19)11-22-10-14(18)9-21-8-13(17)4-2/h13-15,17-19H,3-12H2,1-2H3. The highest BCUT2D eigenvalue weighted by Crippen LogP contribution is 2.01. The first kappa shape index (κ1) is 22.3. The molecule has 0 amide bonds. The Kier molecular flexibility index (Phi) is 14.4. The van der Waals surface area contributed by atoms with Crippen molar-refractivity contribution in [3.8, 4) is 0 Å². The van der Waals surface area contributed by atoms with Crippen LogP contribution in [0.2, 0.25) is 0 Å². The van der Waals surface area contributed by atoms with Crippen LogP contribution in [-0.2, 0) is 19.0 Å². The van der Waals surface area contributed by atoms with E-state index in [1.165, 1.54) is 0 Å². The van der Waals surface area contributed by atoms with Gasteiger partial charge in [-0.1, -0.05) is 26.7 Å². The monoisotopic (exact) mass is 336 g/mol. The van der Waals surface area contributed by atoms with Crippen molar-refractivity contribution in [1.82, 2.24) is 0 Å². The molecule has 0 aromatic heterocycles. The van der Waals surface area contributed by atoms with E-state index in [2.05, 4.69) is 6.92 Å². The number of hydrogen-bond acceptors (Lipinski definition) is 7. The number of rotatable bonds is 15. The Balaban J connectivity index is 3.54. The minimum atomic E-state index is -0.917. The molecule has 0 aliphatic carbocycles. The Morgan fingerprint density at radius 1 is 0.826 bits per heavy atom. The van der Waals surface area contributed by atoms with E-state index in [1.54, 1.807) is 0 Å². The molecule has 0 heterocycles. The molecule has 7 heteroatoms. The number of ether oxygens (including phenoxy) is 3. The molecule has 3 atom stereocenters. The van der Waals surface area contributed by atoms with Crippen LogP contribution in [0, 0.1) is 0 Å². The van der Waals surface area contributed by atoms with Crippen molar-refractivity contribution in [3.63, 3.8) is 0 Å². The molecule has 0 spiro atoms. The highest BCUT2D eigenvalue weighted by Gasteiger charge is 2.11. The lowest BCUT2D eigenvalue weighted by atomic mass is 10.2. The molecule has 23 heavy (non-hydrogen) atoms. The number of unbranched alkanes of at least 4 members (excludes halogenated alkanes) is 2. The van der Waals surface area contributed by atoms with E-state index in [4.69, 9.17) is 14.2 Å². The summed E-state index contributed by atoms with van der Waals surface area (Å²) in [5, 5.41) is 28.5. The van der Waals surface area contributed by atoms with Crippen molar-refractivity contribution < 1.29 is 34.3 Å². The molecular weight excluding hydrogens is 304 g/mol. The SMILES string of the molecule is CCCCCC(=O)OCC(O)COCC(O)COCC(O)CC. The Morgan fingerprint density at radius 3 is 1.87 bits per heavy atom. The van der Waals surface area contributed by atoms with Gasteiger partial charge in [0.1, 0.15) is 18.8 Å². The predicted octanol–water partition coefficient (Wildman–Crippen LogP) is 0.636. The van der Waals surface area contributed by atoms with Crippen LogP contribution in [0.15, 0.2) is 0 Å². The summed E-state index contributed by atoms with van der Waals surface area (Å²) in [5.74, 6) is -0.319. The average Bonchev–Trinajstić information content (AvgIpc) is 2.53. The average molecular weight is 336 g/mol. The van der Waals surface area contributed by atoms with Crippen LogP contribution in [0.5, 0.6) is 0 Å². The van der Waals surface area contributed by atoms with E-state index in [9.17, 15) is 20.1 Å². The van der Waals surface area contributed by atoms with E-state index in [0.29, 0.717) is 12.8 Å². The third-order valence-corrected chi connectivity index (χ3v) is 3.13. The fraction of sp³-hybridized carbons (Fsp3) is 0.938. The molecule has 0 aromatic rings. The largest absolute Gasteiger partial charge is 0.463 e. The zero-order valence-electron chi connectivity index (χ0n) is 14.3. The molecule has 138 valence electrons. The van der Waals surface area contributed by atoms with Gasteiger partial charge >= 0.3 is 5.97 Å². The molecule has 0 rings (SSSR count). The highest BCUT2D eigenvalue weighted by molar-refractivity contribution is 5.69. The molecule has 0 aliphatic rings. The molecule has 0 radical (unpaired) electrons. The Bertz CT molecular complexity index is 286. The quantitative estimate of drug-likeness (QED) is 0.298. The van der Waals surface area contributed by atoms with Crippen LogP contribution in [0.4, 0.5) is 0 Å². The van der Waals surface area contributed by atoms with Gasteiger partial charge in [0.05, 0.1) is 32.5 Å². The molecule has 0 aliphatic heterocycles. The fourth-order valence-electron chi connectivity index (χ4n) is 1.67. The summed E-state index contributed by atoms with van der Waals surface area (Å²) in [6.07, 6.45) is 1.49. The van der Waals surface area contributed by atoms with Gasteiger partial charge in [-0.15, -0.1) is 0 Å². The molecule has 0 saturated carbocycles. The Morgan fingerprint density at radius 2 is 1.35 bits per heavy atom. The maximum absolute atomic E-state index is 11.4. The van der Waals surface area contributed by atoms with Crippen molar-refractivity contribution in [1.29, 1.82) is 0 Å². The van der Waals surface area contributed by atoms with Gasteiger partial charge in [0.2, 0.25) is 0 Å². The van der Waals surface area contributed by atoms with E-state index < -0.39 is 18.3 Å². The van der Waals surface area contributed by atoms with Crippen LogP contribution < -0.4 is 0 Å². The lowest BCUT2D eigenvalue weighted by molar-refractivity contribution is -0.148. The number of carbonyl (C=O) groups is 1. The zero-order chi connectivity index (χ0) is 17.5. The smallest absolute Gasteiger partial charge is 0.305 e. The van der Waals surface area contributed by atoms with Crippen molar-refractivity contribution >= 4 is 5.97 Å². The van der Waals surface area contributed by atoms with Crippen molar-refractivity contribution in [3.05, 3.63) is 0 Å². The molecule has 3 unspecified atom stereocenters. The first-order chi connectivity index (χ1) is 11.0. The maximum Gasteiger partial charge on any atom is 0.305 e. The van der Waals surface area contributed by atoms with Crippen molar-refractivity contribution in [2.45, 2.75) is 64.3 Å². The lowest BCUT2D eigenvalue weighted by Crippen LogP contribution is -2.29. The summed E-state index contributed by atoms with van der Waals surface area (Å²) in [4.78, 5) is 11.4. The molecule has 3 N–H and O–H groups in total. The predicted molar refractivity (Wildman–Crippen MR) is 85.1 cm³/mol. The molecule has 0 aromatic carbocycles. The number of aliphatic hydroxyl groups is 3. The van der Waals surface area contributed by atoms with Gasteiger partial charge < -0.3 is 29.5 Å².